The fourth-order valence-corrected chi connectivity index (χ4v) is 4.52. The van der Waals surface area contributed by atoms with Gasteiger partial charge in [-0.05, 0) is 32.6 Å². The average molecular weight is 256 g/mol. The Morgan fingerprint density at radius 2 is 2.00 bits per heavy atom. The van der Waals surface area contributed by atoms with Gasteiger partial charge in [0.25, 0.3) is 0 Å². The third-order valence-corrected chi connectivity index (χ3v) is 5.68. The summed E-state index contributed by atoms with van der Waals surface area (Å²) in [5.74, 6) is -0.206. The molecule has 1 amide bonds. The number of hydrogen-bond donors (Lipinski definition) is 1. The van der Waals surface area contributed by atoms with Crippen LogP contribution in [0.3, 0.4) is 0 Å². The number of rotatable bonds is 2. The van der Waals surface area contributed by atoms with E-state index >= 15 is 0 Å². The lowest BCUT2D eigenvalue weighted by atomic mass is 9.69. The Kier molecular flexibility index (Phi) is 2.69. The van der Waals surface area contributed by atoms with Crippen molar-refractivity contribution in [2.75, 3.05) is 11.5 Å². The number of carbonyl (C=O) groups excluding carboxylic acids is 1. The molecular formula is C11H16N2O3S. The molecule has 1 unspecified atom stereocenters. The summed E-state index contributed by atoms with van der Waals surface area (Å²) < 4.78 is 22.8. The molecule has 0 aromatic rings. The highest BCUT2D eigenvalue weighted by Gasteiger charge is 2.48. The lowest BCUT2D eigenvalue weighted by Crippen LogP contribution is -2.54. The fraction of sp³-hybridized carbons (Fsp3) is 0.818. The molecule has 1 N–H and O–H groups in total. The Balaban J connectivity index is 2.08. The summed E-state index contributed by atoms with van der Waals surface area (Å²) in [7, 11) is -3.04. The molecule has 6 heteroatoms. The smallest absolute Gasteiger partial charge is 0.240 e. The van der Waals surface area contributed by atoms with E-state index < -0.39 is 20.8 Å². The molecule has 2 rings (SSSR count). The van der Waals surface area contributed by atoms with Crippen molar-refractivity contribution in [2.45, 2.75) is 38.1 Å². The second-order valence-electron chi connectivity index (χ2n) is 5.40. The molecule has 17 heavy (non-hydrogen) atoms. The molecule has 0 spiro atoms. The first-order valence-electron chi connectivity index (χ1n) is 5.75. The number of amides is 1. The van der Waals surface area contributed by atoms with Crippen LogP contribution < -0.4 is 5.32 Å². The summed E-state index contributed by atoms with van der Waals surface area (Å²) in [6.45, 7) is 1.74. The molecule has 0 radical (unpaired) electrons. The van der Waals surface area contributed by atoms with Crippen molar-refractivity contribution in [3.63, 3.8) is 0 Å². The second-order valence-corrected chi connectivity index (χ2v) is 7.59. The maximum Gasteiger partial charge on any atom is 0.240 e. The summed E-state index contributed by atoms with van der Waals surface area (Å²) in [5.41, 5.74) is -1.61. The quantitative estimate of drug-likeness (QED) is 0.773. The van der Waals surface area contributed by atoms with Crippen molar-refractivity contribution in [1.82, 2.24) is 5.32 Å². The van der Waals surface area contributed by atoms with Crippen LogP contribution in [0.5, 0.6) is 0 Å². The summed E-state index contributed by atoms with van der Waals surface area (Å²) in [6, 6.07) is 2.07. The summed E-state index contributed by atoms with van der Waals surface area (Å²) in [6.07, 6.45) is 2.48. The fourth-order valence-electron chi connectivity index (χ4n) is 2.42. The van der Waals surface area contributed by atoms with E-state index in [0.717, 1.165) is 6.42 Å². The first-order chi connectivity index (χ1) is 7.81. The Morgan fingerprint density at radius 3 is 2.35 bits per heavy atom. The molecule has 1 aliphatic carbocycles. The van der Waals surface area contributed by atoms with Crippen LogP contribution in [0.4, 0.5) is 0 Å². The number of nitrogens with zero attached hydrogens (tertiary/aromatic N) is 1. The number of hydrogen-bond acceptors (Lipinski definition) is 4. The third kappa shape index (κ3) is 2.16. The summed E-state index contributed by atoms with van der Waals surface area (Å²) in [4.78, 5) is 12.0. The summed E-state index contributed by atoms with van der Waals surface area (Å²) >= 11 is 0. The molecule has 0 aromatic carbocycles. The van der Waals surface area contributed by atoms with Gasteiger partial charge in [0.05, 0.1) is 23.1 Å². The van der Waals surface area contributed by atoms with Gasteiger partial charge in [-0.2, -0.15) is 5.26 Å². The maximum atomic E-state index is 12.0. The normalized spacial score (nSPS) is 33.4. The van der Waals surface area contributed by atoms with Gasteiger partial charge in [-0.1, -0.05) is 0 Å². The monoisotopic (exact) mass is 256 g/mol. The van der Waals surface area contributed by atoms with E-state index in [0.29, 0.717) is 19.3 Å². The Morgan fingerprint density at radius 1 is 1.35 bits per heavy atom. The lowest BCUT2D eigenvalue weighted by Gasteiger charge is -2.36. The molecule has 0 aromatic heterocycles. The first kappa shape index (κ1) is 12.4. The second kappa shape index (κ2) is 3.70. The highest BCUT2D eigenvalue weighted by Crippen LogP contribution is 2.41. The number of sulfone groups is 1. The van der Waals surface area contributed by atoms with Crippen molar-refractivity contribution in [2.24, 2.45) is 5.41 Å². The maximum absolute atomic E-state index is 12.0. The van der Waals surface area contributed by atoms with Crippen LogP contribution in [0.2, 0.25) is 0 Å². The largest absolute Gasteiger partial charge is 0.349 e. The van der Waals surface area contributed by atoms with Crippen LogP contribution in [0.25, 0.3) is 0 Å². The Bertz CT molecular complexity index is 487. The van der Waals surface area contributed by atoms with Gasteiger partial charge in [0.1, 0.15) is 5.41 Å². The van der Waals surface area contributed by atoms with E-state index in [1.807, 2.05) is 0 Å². The molecule has 94 valence electrons. The number of nitriles is 1. The van der Waals surface area contributed by atoms with Gasteiger partial charge in [-0.25, -0.2) is 8.42 Å². The third-order valence-electron chi connectivity index (χ3n) is 3.77. The summed E-state index contributed by atoms with van der Waals surface area (Å²) in [5, 5.41) is 11.8. The Labute approximate surface area is 101 Å². The van der Waals surface area contributed by atoms with Crippen LogP contribution in [0.15, 0.2) is 0 Å². The van der Waals surface area contributed by atoms with Crippen molar-refractivity contribution < 1.29 is 13.2 Å². The minimum Gasteiger partial charge on any atom is -0.349 e. The minimum atomic E-state index is -3.04. The van der Waals surface area contributed by atoms with Gasteiger partial charge >= 0.3 is 0 Å². The minimum absolute atomic E-state index is 0.0206. The van der Waals surface area contributed by atoms with Crippen LogP contribution in [-0.2, 0) is 14.6 Å². The molecule has 1 aliphatic heterocycles. The van der Waals surface area contributed by atoms with Gasteiger partial charge < -0.3 is 5.32 Å². The zero-order chi connectivity index (χ0) is 12.7. The van der Waals surface area contributed by atoms with Gasteiger partial charge in [-0.15, -0.1) is 0 Å². The van der Waals surface area contributed by atoms with E-state index in [1.54, 1.807) is 6.92 Å². The van der Waals surface area contributed by atoms with Crippen LogP contribution in [0.1, 0.15) is 32.6 Å². The van der Waals surface area contributed by atoms with E-state index in [9.17, 15) is 13.2 Å². The molecule has 0 bridgehead atoms. The van der Waals surface area contributed by atoms with E-state index in [-0.39, 0.29) is 17.4 Å². The van der Waals surface area contributed by atoms with Crippen molar-refractivity contribution in [1.29, 1.82) is 5.26 Å². The zero-order valence-electron chi connectivity index (χ0n) is 9.82. The van der Waals surface area contributed by atoms with E-state index in [4.69, 9.17) is 5.26 Å². The van der Waals surface area contributed by atoms with E-state index in [1.165, 1.54) is 0 Å². The standard InChI is InChI=1S/C11H16N2O3S/c1-10(5-6-17(15,16)8-10)13-9(14)11(7-12)3-2-4-11/h2-6,8H2,1H3,(H,13,14). The van der Waals surface area contributed by atoms with Gasteiger partial charge in [0.15, 0.2) is 9.84 Å². The molecule has 5 nitrogen and oxygen atoms in total. The van der Waals surface area contributed by atoms with Crippen LogP contribution >= 0.6 is 0 Å². The zero-order valence-corrected chi connectivity index (χ0v) is 10.6. The molecule has 2 aliphatic rings. The first-order valence-corrected chi connectivity index (χ1v) is 7.57. The predicted molar refractivity (Wildman–Crippen MR) is 61.7 cm³/mol. The van der Waals surface area contributed by atoms with Gasteiger partial charge in [0, 0.05) is 0 Å². The topological polar surface area (TPSA) is 87.0 Å². The molecule has 1 saturated heterocycles. The average Bonchev–Trinajstić information content (AvgIpc) is 2.39. The van der Waals surface area contributed by atoms with Crippen molar-refractivity contribution in [3.8, 4) is 6.07 Å². The Hall–Kier alpha value is -1.09. The van der Waals surface area contributed by atoms with Crippen LogP contribution in [0, 0.1) is 16.7 Å². The van der Waals surface area contributed by atoms with E-state index in [2.05, 4.69) is 11.4 Å². The molecule has 2 fully saturated rings. The molecule has 1 atom stereocenters. The molecule has 1 heterocycles. The van der Waals surface area contributed by atoms with Gasteiger partial charge in [-0.3, -0.25) is 4.79 Å². The lowest BCUT2D eigenvalue weighted by molar-refractivity contribution is -0.133. The van der Waals surface area contributed by atoms with Crippen molar-refractivity contribution >= 4 is 15.7 Å². The SMILES string of the molecule is CC1(NC(=O)C2(C#N)CCC2)CCS(=O)(=O)C1. The van der Waals surface area contributed by atoms with Crippen LogP contribution in [-0.4, -0.2) is 31.4 Å². The highest BCUT2D eigenvalue weighted by atomic mass is 32.2. The number of nitrogens with one attached hydrogen (secondary N) is 1. The number of carbonyl (C=O) groups is 1. The van der Waals surface area contributed by atoms with Gasteiger partial charge in [0.2, 0.25) is 5.91 Å². The predicted octanol–water partition coefficient (Wildman–Crippen LogP) is 0.374. The molecular weight excluding hydrogens is 240 g/mol. The highest BCUT2D eigenvalue weighted by molar-refractivity contribution is 7.91. The van der Waals surface area contributed by atoms with Crippen molar-refractivity contribution in [3.05, 3.63) is 0 Å². The molecule has 1 saturated carbocycles.